The minimum Gasteiger partial charge on any atom is -0.256 e. The summed E-state index contributed by atoms with van der Waals surface area (Å²) in [5.41, 5.74) is 7.29. The van der Waals surface area contributed by atoms with Crippen LogP contribution in [0.25, 0.3) is 0 Å². The molecule has 0 saturated heterocycles. The summed E-state index contributed by atoms with van der Waals surface area (Å²) in [6.07, 6.45) is 1.27. The molecule has 1 N–H and O–H groups in total. The summed E-state index contributed by atoms with van der Waals surface area (Å²) < 4.78 is 23.3. The normalized spacial score (nSPS) is 19.2. The van der Waals surface area contributed by atoms with Crippen LogP contribution in [0.1, 0.15) is 12.8 Å². The van der Waals surface area contributed by atoms with E-state index in [4.69, 9.17) is 5.73 Å². The Morgan fingerprint density at radius 1 is 1.21 bits per heavy atom. The monoisotopic (exact) mass is 210 g/mol. The summed E-state index contributed by atoms with van der Waals surface area (Å²) in [7, 11) is -3.26. The van der Waals surface area contributed by atoms with Gasteiger partial charge in [-0.1, -0.05) is 18.2 Å². The second-order valence-corrected chi connectivity index (χ2v) is 6.02. The van der Waals surface area contributed by atoms with Crippen molar-refractivity contribution < 1.29 is 8.42 Å². The summed E-state index contributed by atoms with van der Waals surface area (Å²) in [4.78, 5) is 0.352. The summed E-state index contributed by atoms with van der Waals surface area (Å²) in [5.74, 6) is 0. The number of rotatable bonds is 3. The van der Waals surface area contributed by atoms with Crippen LogP contribution >= 0.6 is 0 Å². The number of hydrogen-bond acceptors (Lipinski definition) is 2. The molecule has 14 heavy (non-hydrogen) atoms. The van der Waals surface area contributed by atoms with Crippen molar-refractivity contribution in [1.29, 1.82) is 0 Å². The predicted molar refractivity (Wildman–Crippen MR) is 53.6 cm³/mol. The standard InChI is InChI=1S/C10H12NO2S/c11-8-10(6-7-10)14(12,13)9-4-2-1-3-5-9/h1-5,11H,6-8H2. The Bertz CT molecular complexity index is 421. The Kier molecular flexibility index (Phi) is 2.12. The van der Waals surface area contributed by atoms with Gasteiger partial charge in [0, 0.05) is 6.54 Å². The zero-order valence-electron chi connectivity index (χ0n) is 7.73. The highest BCUT2D eigenvalue weighted by molar-refractivity contribution is 7.93. The average Bonchev–Trinajstić information content (AvgIpc) is 3.00. The van der Waals surface area contributed by atoms with Gasteiger partial charge >= 0.3 is 0 Å². The molecule has 2 rings (SSSR count). The number of sulfone groups is 1. The van der Waals surface area contributed by atoms with E-state index in [1.807, 2.05) is 0 Å². The number of hydrogen-bond donors (Lipinski definition) is 0. The predicted octanol–water partition coefficient (Wildman–Crippen LogP) is 1.28. The van der Waals surface area contributed by atoms with Crippen molar-refractivity contribution in [1.82, 2.24) is 5.73 Å². The van der Waals surface area contributed by atoms with Crippen LogP contribution in [0.15, 0.2) is 35.2 Å². The van der Waals surface area contributed by atoms with E-state index in [9.17, 15) is 8.42 Å². The lowest BCUT2D eigenvalue weighted by Crippen LogP contribution is -2.27. The highest BCUT2D eigenvalue weighted by atomic mass is 32.2. The van der Waals surface area contributed by atoms with E-state index in [0.29, 0.717) is 17.7 Å². The fraction of sp³-hybridized carbons (Fsp3) is 0.400. The van der Waals surface area contributed by atoms with E-state index in [-0.39, 0.29) is 6.54 Å². The molecule has 0 spiro atoms. The fourth-order valence-corrected chi connectivity index (χ4v) is 3.37. The molecule has 0 bridgehead atoms. The van der Waals surface area contributed by atoms with Crippen LogP contribution in [0.3, 0.4) is 0 Å². The molecule has 1 aromatic rings. The van der Waals surface area contributed by atoms with Crippen molar-refractivity contribution >= 4 is 9.84 Å². The Labute approximate surface area is 83.9 Å². The highest BCUT2D eigenvalue weighted by Crippen LogP contribution is 2.45. The summed E-state index contributed by atoms with van der Waals surface area (Å²) >= 11 is 0. The molecule has 0 atom stereocenters. The van der Waals surface area contributed by atoms with Gasteiger partial charge in [-0.25, -0.2) is 8.42 Å². The summed E-state index contributed by atoms with van der Waals surface area (Å²) in [6, 6.07) is 8.43. The Morgan fingerprint density at radius 2 is 1.79 bits per heavy atom. The zero-order valence-corrected chi connectivity index (χ0v) is 8.55. The molecule has 1 aromatic carbocycles. The lowest BCUT2D eigenvalue weighted by atomic mass is 10.4. The maximum Gasteiger partial charge on any atom is 0.185 e. The van der Waals surface area contributed by atoms with Gasteiger partial charge in [0.15, 0.2) is 9.84 Å². The molecule has 3 nitrogen and oxygen atoms in total. The van der Waals surface area contributed by atoms with E-state index < -0.39 is 14.6 Å². The second kappa shape index (κ2) is 3.07. The van der Waals surface area contributed by atoms with Crippen LogP contribution in [0.5, 0.6) is 0 Å². The summed E-state index contributed by atoms with van der Waals surface area (Å²) in [6.45, 7) is -0.0236. The van der Waals surface area contributed by atoms with Crippen molar-refractivity contribution in [2.75, 3.05) is 6.54 Å². The third-order valence-electron chi connectivity index (χ3n) is 2.75. The third-order valence-corrected chi connectivity index (χ3v) is 5.34. The van der Waals surface area contributed by atoms with Crippen molar-refractivity contribution in [2.24, 2.45) is 0 Å². The Morgan fingerprint density at radius 3 is 2.21 bits per heavy atom. The Hall–Kier alpha value is -0.870. The van der Waals surface area contributed by atoms with Crippen LogP contribution in [-0.4, -0.2) is 19.7 Å². The first kappa shape index (κ1) is 9.68. The van der Waals surface area contributed by atoms with Gasteiger partial charge in [0.1, 0.15) is 0 Å². The van der Waals surface area contributed by atoms with Crippen molar-refractivity contribution in [3.8, 4) is 0 Å². The molecule has 1 radical (unpaired) electrons. The largest absolute Gasteiger partial charge is 0.256 e. The minimum atomic E-state index is -3.26. The van der Waals surface area contributed by atoms with Crippen molar-refractivity contribution in [3.63, 3.8) is 0 Å². The quantitative estimate of drug-likeness (QED) is 0.754. The SMILES string of the molecule is [NH]CC1(S(=O)(=O)c2ccccc2)CC1. The van der Waals surface area contributed by atoms with Gasteiger partial charge in [0.25, 0.3) is 0 Å². The molecule has 4 heteroatoms. The van der Waals surface area contributed by atoms with Crippen LogP contribution in [0.2, 0.25) is 0 Å². The molecule has 0 aromatic heterocycles. The first-order valence-electron chi connectivity index (χ1n) is 4.57. The zero-order chi connectivity index (χ0) is 10.2. The van der Waals surface area contributed by atoms with E-state index in [0.717, 1.165) is 0 Å². The molecule has 0 heterocycles. The van der Waals surface area contributed by atoms with Gasteiger partial charge in [0.2, 0.25) is 0 Å². The van der Waals surface area contributed by atoms with Crippen LogP contribution in [-0.2, 0) is 9.84 Å². The second-order valence-electron chi connectivity index (χ2n) is 3.68. The third kappa shape index (κ3) is 1.26. The topological polar surface area (TPSA) is 57.9 Å². The average molecular weight is 210 g/mol. The first-order chi connectivity index (χ1) is 6.62. The molecule has 1 fully saturated rings. The van der Waals surface area contributed by atoms with Crippen molar-refractivity contribution in [2.45, 2.75) is 22.5 Å². The lowest BCUT2D eigenvalue weighted by Gasteiger charge is -2.12. The maximum atomic E-state index is 12.0. The van der Waals surface area contributed by atoms with E-state index >= 15 is 0 Å². The van der Waals surface area contributed by atoms with Crippen LogP contribution < -0.4 is 5.73 Å². The molecular weight excluding hydrogens is 198 g/mol. The van der Waals surface area contributed by atoms with Crippen LogP contribution in [0, 0.1) is 0 Å². The van der Waals surface area contributed by atoms with Gasteiger partial charge < -0.3 is 0 Å². The summed E-state index contributed by atoms with van der Waals surface area (Å²) in [5, 5.41) is 0. The fourth-order valence-electron chi connectivity index (χ4n) is 1.53. The van der Waals surface area contributed by atoms with Gasteiger partial charge in [-0.15, -0.1) is 0 Å². The van der Waals surface area contributed by atoms with E-state index in [2.05, 4.69) is 0 Å². The smallest absolute Gasteiger partial charge is 0.185 e. The van der Waals surface area contributed by atoms with Gasteiger partial charge in [0.05, 0.1) is 9.64 Å². The molecule has 0 amide bonds. The van der Waals surface area contributed by atoms with Gasteiger partial charge in [-0.3, -0.25) is 5.73 Å². The molecule has 1 saturated carbocycles. The first-order valence-corrected chi connectivity index (χ1v) is 6.05. The number of benzene rings is 1. The molecule has 0 aliphatic heterocycles. The van der Waals surface area contributed by atoms with E-state index in [1.165, 1.54) is 0 Å². The molecular formula is C10H12NO2S. The van der Waals surface area contributed by atoms with Crippen LogP contribution in [0.4, 0.5) is 0 Å². The highest BCUT2D eigenvalue weighted by Gasteiger charge is 2.53. The lowest BCUT2D eigenvalue weighted by molar-refractivity contribution is 0.576. The van der Waals surface area contributed by atoms with Gasteiger partial charge in [-0.2, -0.15) is 0 Å². The number of nitrogens with one attached hydrogen (secondary N) is 1. The molecule has 0 unspecified atom stereocenters. The minimum absolute atomic E-state index is 0.0236. The molecule has 1 aliphatic rings. The van der Waals surface area contributed by atoms with Crippen molar-refractivity contribution in [3.05, 3.63) is 30.3 Å². The molecule has 1 aliphatic carbocycles. The van der Waals surface area contributed by atoms with E-state index in [1.54, 1.807) is 30.3 Å². The van der Waals surface area contributed by atoms with Gasteiger partial charge in [-0.05, 0) is 25.0 Å². The molecule has 75 valence electrons. The maximum absolute atomic E-state index is 12.0. The Balaban J connectivity index is 2.44.